The second-order valence-corrected chi connectivity index (χ2v) is 3.41. The Morgan fingerprint density at radius 2 is 2.08 bits per heavy atom. The molecule has 0 saturated carbocycles. The zero-order valence-electron chi connectivity index (χ0n) is 6.71. The van der Waals surface area contributed by atoms with E-state index in [4.69, 9.17) is 0 Å². The topological polar surface area (TPSA) is 12.9 Å². The minimum atomic E-state index is -4.08. The van der Waals surface area contributed by atoms with Gasteiger partial charge < -0.3 is 0 Å². The van der Waals surface area contributed by atoms with Gasteiger partial charge in [0.05, 0.1) is 11.4 Å². The van der Waals surface area contributed by atoms with E-state index in [1.54, 1.807) is 24.4 Å². The van der Waals surface area contributed by atoms with Crippen LogP contribution in [0.15, 0.2) is 24.4 Å². The molecule has 0 radical (unpaired) electrons. The zero-order valence-corrected chi connectivity index (χ0v) is 7.53. The molecule has 0 aromatic carbocycles. The number of nitrogens with zero attached hydrogens (tertiary/aromatic N) is 1. The molecule has 0 aliphatic carbocycles. The van der Waals surface area contributed by atoms with E-state index in [-0.39, 0.29) is 0 Å². The van der Waals surface area contributed by atoms with Gasteiger partial charge in [0.1, 0.15) is 0 Å². The maximum absolute atomic E-state index is 11.7. The van der Waals surface area contributed by atoms with Crippen LogP contribution in [0.25, 0.3) is 0 Å². The number of pyridine rings is 1. The third-order valence-electron chi connectivity index (χ3n) is 1.24. The van der Waals surface area contributed by atoms with Gasteiger partial charge in [-0.15, -0.1) is 11.8 Å². The average Bonchev–Trinajstić information content (AvgIpc) is 2.04. The molecule has 0 amide bonds. The molecule has 0 spiro atoms. The Bertz CT molecular complexity index is 247. The molecule has 0 bridgehead atoms. The summed E-state index contributed by atoms with van der Waals surface area (Å²) in [7, 11) is 0. The maximum atomic E-state index is 11.7. The fraction of sp³-hybridized carbons (Fsp3) is 0.375. The second kappa shape index (κ2) is 4.50. The first-order chi connectivity index (χ1) is 6.08. The summed E-state index contributed by atoms with van der Waals surface area (Å²) in [6.45, 7) is 0. The molecule has 1 rings (SSSR count). The fourth-order valence-electron chi connectivity index (χ4n) is 0.755. The fourth-order valence-corrected chi connectivity index (χ4v) is 1.47. The lowest BCUT2D eigenvalue weighted by molar-refractivity contribution is -0.105. The minimum absolute atomic E-state index is 0.306. The van der Waals surface area contributed by atoms with E-state index in [2.05, 4.69) is 4.98 Å². The van der Waals surface area contributed by atoms with Crippen LogP contribution in [0.4, 0.5) is 13.2 Å². The summed E-state index contributed by atoms with van der Waals surface area (Å²) < 4.78 is 35.2. The van der Waals surface area contributed by atoms with Gasteiger partial charge in [0.25, 0.3) is 0 Å². The molecular weight excluding hydrogens is 199 g/mol. The molecule has 1 heterocycles. The third-order valence-corrected chi connectivity index (χ3v) is 2.27. The van der Waals surface area contributed by atoms with Crippen LogP contribution in [0.3, 0.4) is 0 Å². The Balaban J connectivity index is 2.29. The molecule has 0 fully saturated rings. The number of rotatable bonds is 3. The van der Waals surface area contributed by atoms with Crippen molar-refractivity contribution in [2.75, 3.05) is 5.75 Å². The lowest BCUT2D eigenvalue weighted by Crippen LogP contribution is -2.10. The Morgan fingerprint density at radius 3 is 2.62 bits per heavy atom. The molecule has 1 aromatic heterocycles. The van der Waals surface area contributed by atoms with Gasteiger partial charge in [0, 0.05) is 11.9 Å². The first-order valence-electron chi connectivity index (χ1n) is 3.62. The predicted octanol–water partition coefficient (Wildman–Crippen LogP) is 2.88. The van der Waals surface area contributed by atoms with E-state index in [0.29, 0.717) is 11.4 Å². The van der Waals surface area contributed by atoms with Crippen LogP contribution in [0, 0.1) is 0 Å². The lowest BCUT2D eigenvalue weighted by atomic mass is 10.4. The van der Waals surface area contributed by atoms with Gasteiger partial charge in [0.15, 0.2) is 0 Å². The van der Waals surface area contributed by atoms with Crippen LogP contribution >= 0.6 is 11.8 Å². The van der Waals surface area contributed by atoms with E-state index >= 15 is 0 Å². The average molecular weight is 207 g/mol. The van der Waals surface area contributed by atoms with Gasteiger partial charge in [-0.05, 0) is 12.1 Å². The Hall–Kier alpha value is -0.710. The molecule has 72 valence electrons. The summed E-state index contributed by atoms with van der Waals surface area (Å²) in [6.07, 6.45) is -2.51. The van der Waals surface area contributed by atoms with E-state index < -0.39 is 11.9 Å². The summed E-state index contributed by atoms with van der Waals surface area (Å²) in [5, 5.41) is 0. The number of thioether (sulfide) groups is 1. The van der Waals surface area contributed by atoms with Gasteiger partial charge in [-0.1, -0.05) is 6.07 Å². The van der Waals surface area contributed by atoms with Crippen LogP contribution in [0.5, 0.6) is 0 Å². The standard InChI is InChI=1S/C8H8F3NS/c9-8(10,11)6-13-5-7-3-1-2-4-12-7/h1-4H,5-6H2. The van der Waals surface area contributed by atoms with Crippen LogP contribution in [0.2, 0.25) is 0 Å². The van der Waals surface area contributed by atoms with E-state index in [1.807, 2.05) is 0 Å². The Labute approximate surface area is 78.4 Å². The van der Waals surface area contributed by atoms with Gasteiger partial charge in [0.2, 0.25) is 0 Å². The predicted molar refractivity (Wildman–Crippen MR) is 46.5 cm³/mol. The summed E-state index contributed by atoms with van der Waals surface area (Å²) in [4.78, 5) is 3.91. The molecule has 0 atom stereocenters. The molecule has 0 unspecified atom stereocenters. The number of hydrogen-bond donors (Lipinski definition) is 0. The number of alkyl halides is 3. The monoisotopic (exact) mass is 207 g/mol. The van der Waals surface area contributed by atoms with Crippen molar-refractivity contribution >= 4 is 11.8 Å². The minimum Gasteiger partial charge on any atom is -0.260 e. The molecule has 5 heteroatoms. The largest absolute Gasteiger partial charge is 0.397 e. The summed E-state index contributed by atoms with van der Waals surface area (Å²) >= 11 is 0.826. The van der Waals surface area contributed by atoms with E-state index in [1.165, 1.54) is 0 Å². The van der Waals surface area contributed by atoms with Crippen LogP contribution in [-0.2, 0) is 5.75 Å². The van der Waals surface area contributed by atoms with Gasteiger partial charge in [-0.2, -0.15) is 13.2 Å². The van der Waals surface area contributed by atoms with Crippen molar-refractivity contribution in [2.45, 2.75) is 11.9 Å². The van der Waals surface area contributed by atoms with Crippen molar-refractivity contribution in [3.8, 4) is 0 Å². The first kappa shape index (κ1) is 10.4. The molecule has 0 aliphatic heterocycles. The van der Waals surface area contributed by atoms with Crippen molar-refractivity contribution < 1.29 is 13.2 Å². The Morgan fingerprint density at radius 1 is 1.31 bits per heavy atom. The summed E-state index contributed by atoms with van der Waals surface area (Å²) in [6, 6.07) is 5.21. The van der Waals surface area contributed by atoms with Crippen molar-refractivity contribution in [3.05, 3.63) is 30.1 Å². The van der Waals surface area contributed by atoms with Crippen molar-refractivity contribution in [1.29, 1.82) is 0 Å². The van der Waals surface area contributed by atoms with Crippen LogP contribution in [0.1, 0.15) is 5.69 Å². The van der Waals surface area contributed by atoms with Crippen molar-refractivity contribution in [1.82, 2.24) is 4.98 Å². The van der Waals surface area contributed by atoms with Crippen molar-refractivity contribution in [3.63, 3.8) is 0 Å². The molecule has 1 aromatic rings. The Kier molecular flexibility index (Phi) is 3.59. The van der Waals surface area contributed by atoms with E-state index in [0.717, 1.165) is 11.8 Å². The second-order valence-electron chi connectivity index (χ2n) is 2.43. The molecule has 13 heavy (non-hydrogen) atoms. The molecule has 1 nitrogen and oxygen atoms in total. The highest BCUT2D eigenvalue weighted by Gasteiger charge is 2.26. The lowest BCUT2D eigenvalue weighted by Gasteiger charge is -2.04. The third kappa shape index (κ3) is 4.77. The summed E-state index contributed by atoms with van der Waals surface area (Å²) in [5.74, 6) is -0.510. The molecule has 0 saturated heterocycles. The summed E-state index contributed by atoms with van der Waals surface area (Å²) in [5.41, 5.74) is 0.678. The number of aromatic nitrogens is 1. The van der Waals surface area contributed by atoms with Gasteiger partial charge in [-0.3, -0.25) is 4.98 Å². The SMILES string of the molecule is FC(F)(F)CSCc1ccccn1. The highest BCUT2D eigenvalue weighted by molar-refractivity contribution is 7.98. The highest BCUT2D eigenvalue weighted by Crippen LogP contribution is 2.22. The first-order valence-corrected chi connectivity index (χ1v) is 4.78. The number of halogens is 3. The molecule has 0 aliphatic rings. The quantitative estimate of drug-likeness (QED) is 0.755. The zero-order chi connectivity index (χ0) is 9.73. The van der Waals surface area contributed by atoms with Gasteiger partial charge >= 0.3 is 6.18 Å². The molecular formula is C8H8F3NS. The molecule has 0 N–H and O–H groups in total. The van der Waals surface area contributed by atoms with Crippen LogP contribution in [-0.4, -0.2) is 16.9 Å². The van der Waals surface area contributed by atoms with E-state index in [9.17, 15) is 13.2 Å². The smallest absolute Gasteiger partial charge is 0.260 e. The van der Waals surface area contributed by atoms with Gasteiger partial charge in [-0.25, -0.2) is 0 Å². The van der Waals surface area contributed by atoms with Crippen LogP contribution < -0.4 is 0 Å². The maximum Gasteiger partial charge on any atom is 0.397 e. The number of hydrogen-bond acceptors (Lipinski definition) is 2. The highest BCUT2D eigenvalue weighted by atomic mass is 32.2. The van der Waals surface area contributed by atoms with Crippen molar-refractivity contribution in [2.24, 2.45) is 0 Å². The normalized spacial score (nSPS) is 11.6.